The summed E-state index contributed by atoms with van der Waals surface area (Å²) in [7, 11) is 0. The Kier molecular flexibility index (Phi) is 3.80. The lowest BCUT2D eigenvalue weighted by molar-refractivity contribution is -0.146. The highest BCUT2D eigenvalue weighted by molar-refractivity contribution is 5.66. The van der Waals surface area contributed by atoms with Crippen LogP contribution < -0.4 is 0 Å². The van der Waals surface area contributed by atoms with E-state index in [1.807, 2.05) is 0 Å². The van der Waals surface area contributed by atoms with Crippen LogP contribution in [-0.2, 0) is 9.53 Å². The number of aromatic nitrogens is 1. The van der Waals surface area contributed by atoms with E-state index < -0.39 is 6.10 Å². The predicted molar refractivity (Wildman–Crippen MR) is 55.1 cm³/mol. The molecule has 82 valence electrons. The molecule has 1 aromatic rings. The first-order chi connectivity index (χ1) is 7.00. The molecule has 0 unspecified atom stereocenters. The van der Waals surface area contributed by atoms with Crippen LogP contribution in [0.15, 0.2) is 18.2 Å². The highest BCUT2D eigenvalue weighted by Gasteiger charge is 2.11. The van der Waals surface area contributed by atoms with Gasteiger partial charge in [0, 0.05) is 6.92 Å². The minimum atomic E-state index is -0.616. The van der Waals surface area contributed by atoms with Crippen molar-refractivity contribution in [2.24, 2.45) is 0 Å². The van der Waals surface area contributed by atoms with Gasteiger partial charge in [0.15, 0.2) is 0 Å². The molecule has 1 heterocycles. The fraction of sp³-hybridized carbons (Fsp3) is 0.455. The van der Waals surface area contributed by atoms with Crippen LogP contribution in [0.1, 0.15) is 44.4 Å². The molecule has 0 fully saturated rings. The van der Waals surface area contributed by atoms with Gasteiger partial charge in [-0.1, -0.05) is 6.07 Å². The van der Waals surface area contributed by atoms with Gasteiger partial charge in [0.05, 0.1) is 17.5 Å². The second kappa shape index (κ2) is 4.89. The molecule has 2 atom stereocenters. The average Bonchev–Trinajstić information content (AvgIpc) is 2.17. The van der Waals surface area contributed by atoms with Gasteiger partial charge in [-0.2, -0.15) is 0 Å². The summed E-state index contributed by atoms with van der Waals surface area (Å²) in [6, 6.07) is 5.28. The van der Waals surface area contributed by atoms with E-state index in [0.29, 0.717) is 11.4 Å². The summed E-state index contributed by atoms with van der Waals surface area (Å²) < 4.78 is 4.99. The van der Waals surface area contributed by atoms with Crippen molar-refractivity contribution in [2.75, 3.05) is 0 Å². The fourth-order valence-electron chi connectivity index (χ4n) is 1.24. The van der Waals surface area contributed by atoms with E-state index in [0.717, 1.165) is 0 Å². The highest BCUT2D eigenvalue weighted by atomic mass is 16.5. The number of ether oxygens (including phenoxy) is 1. The van der Waals surface area contributed by atoms with Gasteiger partial charge in [-0.25, -0.2) is 0 Å². The normalized spacial score (nSPS) is 14.4. The summed E-state index contributed by atoms with van der Waals surface area (Å²) in [6.45, 7) is 4.74. The first-order valence-corrected chi connectivity index (χ1v) is 4.83. The van der Waals surface area contributed by atoms with Crippen LogP contribution in [0.3, 0.4) is 0 Å². The number of esters is 1. The van der Waals surface area contributed by atoms with Gasteiger partial charge in [-0.3, -0.25) is 9.78 Å². The molecule has 1 aromatic heterocycles. The molecule has 0 spiro atoms. The monoisotopic (exact) mass is 209 g/mol. The lowest BCUT2D eigenvalue weighted by atomic mass is 10.2. The summed E-state index contributed by atoms with van der Waals surface area (Å²) in [5.41, 5.74) is 1.22. The Morgan fingerprint density at radius 2 is 2.00 bits per heavy atom. The summed E-state index contributed by atoms with van der Waals surface area (Å²) in [5, 5.41) is 9.34. The van der Waals surface area contributed by atoms with Crippen LogP contribution >= 0.6 is 0 Å². The zero-order chi connectivity index (χ0) is 11.4. The zero-order valence-corrected chi connectivity index (χ0v) is 9.10. The van der Waals surface area contributed by atoms with E-state index >= 15 is 0 Å². The third-order valence-electron chi connectivity index (χ3n) is 1.98. The molecule has 0 aliphatic carbocycles. The van der Waals surface area contributed by atoms with Gasteiger partial charge in [-0.15, -0.1) is 0 Å². The maximum atomic E-state index is 10.7. The molecule has 0 aliphatic heterocycles. The first kappa shape index (κ1) is 11.7. The second-order valence-corrected chi connectivity index (χ2v) is 3.41. The number of carbonyl (C=O) groups excluding carboxylic acids is 1. The highest BCUT2D eigenvalue weighted by Crippen LogP contribution is 2.17. The molecule has 0 saturated carbocycles. The van der Waals surface area contributed by atoms with E-state index in [4.69, 9.17) is 4.74 Å². The van der Waals surface area contributed by atoms with Gasteiger partial charge in [-0.05, 0) is 26.0 Å². The maximum absolute atomic E-state index is 10.7. The van der Waals surface area contributed by atoms with Crippen LogP contribution in [0, 0.1) is 0 Å². The Labute approximate surface area is 88.9 Å². The molecule has 4 heteroatoms. The van der Waals surface area contributed by atoms with Crippen molar-refractivity contribution in [3.05, 3.63) is 29.6 Å². The summed E-state index contributed by atoms with van der Waals surface area (Å²) in [6.07, 6.45) is -1.00. The van der Waals surface area contributed by atoms with Gasteiger partial charge in [0.25, 0.3) is 0 Å². The Balaban J connectivity index is 2.85. The first-order valence-electron chi connectivity index (χ1n) is 4.83. The largest absolute Gasteiger partial charge is 0.456 e. The zero-order valence-electron chi connectivity index (χ0n) is 9.10. The Bertz CT molecular complexity index is 349. The van der Waals surface area contributed by atoms with Crippen molar-refractivity contribution < 1.29 is 14.6 Å². The smallest absolute Gasteiger partial charge is 0.303 e. The Hall–Kier alpha value is -1.42. The molecule has 0 radical (unpaired) electrons. The van der Waals surface area contributed by atoms with Crippen molar-refractivity contribution >= 4 is 5.97 Å². The lowest BCUT2D eigenvalue weighted by Gasteiger charge is -2.12. The molecule has 0 saturated heterocycles. The van der Waals surface area contributed by atoms with E-state index in [2.05, 4.69) is 4.98 Å². The number of aliphatic hydroxyl groups excluding tert-OH is 1. The minimum Gasteiger partial charge on any atom is -0.456 e. The standard InChI is InChI=1S/C11H15NO3/c1-7(13)10-5-4-6-11(12-10)8(2)15-9(3)14/h4-8,13H,1-3H3/t7-,8+/m0/s1. The summed E-state index contributed by atoms with van der Waals surface area (Å²) in [5.74, 6) is -0.341. The van der Waals surface area contributed by atoms with Crippen LogP contribution in [0.2, 0.25) is 0 Å². The van der Waals surface area contributed by atoms with Crippen molar-refractivity contribution in [3.63, 3.8) is 0 Å². The molecule has 0 aliphatic rings. The van der Waals surface area contributed by atoms with E-state index in [1.54, 1.807) is 32.0 Å². The third kappa shape index (κ3) is 3.32. The predicted octanol–water partition coefficient (Wildman–Crippen LogP) is 1.76. The Morgan fingerprint density at radius 3 is 2.53 bits per heavy atom. The van der Waals surface area contributed by atoms with Crippen LogP contribution in [0.25, 0.3) is 0 Å². The summed E-state index contributed by atoms with van der Waals surface area (Å²) in [4.78, 5) is 14.9. The van der Waals surface area contributed by atoms with Crippen molar-refractivity contribution in [2.45, 2.75) is 33.0 Å². The SMILES string of the molecule is CC(=O)O[C@H](C)c1cccc([C@H](C)O)n1. The maximum Gasteiger partial charge on any atom is 0.303 e. The van der Waals surface area contributed by atoms with Crippen molar-refractivity contribution in [1.82, 2.24) is 4.98 Å². The molecule has 0 aromatic carbocycles. The van der Waals surface area contributed by atoms with Crippen molar-refractivity contribution in [1.29, 1.82) is 0 Å². The molecule has 0 bridgehead atoms. The molecule has 0 amide bonds. The molecule has 15 heavy (non-hydrogen) atoms. The quantitative estimate of drug-likeness (QED) is 0.770. The van der Waals surface area contributed by atoms with E-state index in [9.17, 15) is 9.90 Å². The van der Waals surface area contributed by atoms with Crippen LogP contribution in [0.5, 0.6) is 0 Å². The number of rotatable bonds is 3. The number of carbonyl (C=O) groups is 1. The number of hydrogen-bond donors (Lipinski definition) is 1. The van der Waals surface area contributed by atoms with Crippen LogP contribution in [-0.4, -0.2) is 16.1 Å². The van der Waals surface area contributed by atoms with E-state index in [-0.39, 0.29) is 12.1 Å². The van der Waals surface area contributed by atoms with Gasteiger partial charge in [0.2, 0.25) is 0 Å². The minimum absolute atomic E-state index is 0.341. The topological polar surface area (TPSA) is 59.4 Å². The van der Waals surface area contributed by atoms with Gasteiger partial charge in [0.1, 0.15) is 6.10 Å². The Morgan fingerprint density at radius 1 is 1.40 bits per heavy atom. The third-order valence-corrected chi connectivity index (χ3v) is 1.98. The summed E-state index contributed by atoms with van der Waals surface area (Å²) >= 11 is 0. The number of aliphatic hydroxyl groups is 1. The van der Waals surface area contributed by atoms with Crippen LogP contribution in [0.4, 0.5) is 0 Å². The van der Waals surface area contributed by atoms with Gasteiger partial charge < -0.3 is 9.84 Å². The molecule has 1 rings (SSSR count). The van der Waals surface area contributed by atoms with Gasteiger partial charge >= 0.3 is 5.97 Å². The average molecular weight is 209 g/mol. The molecule has 1 N–H and O–H groups in total. The van der Waals surface area contributed by atoms with E-state index in [1.165, 1.54) is 6.92 Å². The number of nitrogens with zero attached hydrogens (tertiary/aromatic N) is 1. The second-order valence-electron chi connectivity index (χ2n) is 3.41. The van der Waals surface area contributed by atoms with Crippen molar-refractivity contribution in [3.8, 4) is 0 Å². The number of hydrogen-bond acceptors (Lipinski definition) is 4. The number of pyridine rings is 1. The molecular weight excluding hydrogens is 194 g/mol. The fourth-order valence-corrected chi connectivity index (χ4v) is 1.24. The lowest BCUT2D eigenvalue weighted by Crippen LogP contribution is -2.08. The molecule has 4 nitrogen and oxygen atoms in total. The molecular formula is C11H15NO3.